The van der Waals surface area contributed by atoms with Gasteiger partial charge in [0, 0.05) is 6.72 Å². The summed E-state index contributed by atoms with van der Waals surface area (Å²) < 4.78 is 5.44. The third-order valence-corrected chi connectivity index (χ3v) is 2.76. The maximum Gasteiger partial charge on any atom is 0.140 e. The monoisotopic (exact) mass is 243 g/mol. The third kappa shape index (κ3) is 3.57. The molecular formula is C15H17NO2. The lowest BCUT2D eigenvalue weighted by atomic mass is 10.1. The molecule has 3 heteroatoms. The van der Waals surface area contributed by atoms with Crippen LogP contribution in [0.5, 0.6) is 0 Å². The van der Waals surface area contributed by atoms with Crippen molar-refractivity contribution in [3.8, 4) is 0 Å². The first kappa shape index (κ1) is 12.6. The molecule has 2 rings (SSSR count). The van der Waals surface area contributed by atoms with Crippen molar-refractivity contribution in [1.82, 2.24) is 0 Å². The molecule has 3 nitrogen and oxygen atoms in total. The SMILES string of the molecule is C=NOCCOCCc1ccc2ccccc2c1. The average molecular weight is 243 g/mol. The van der Waals surface area contributed by atoms with Gasteiger partial charge < -0.3 is 9.57 Å². The van der Waals surface area contributed by atoms with Crippen LogP contribution in [-0.4, -0.2) is 26.5 Å². The van der Waals surface area contributed by atoms with Crippen LogP contribution in [0.25, 0.3) is 10.8 Å². The molecule has 0 unspecified atom stereocenters. The van der Waals surface area contributed by atoms with E-state index >= 15 is 0 Å². The number of benzene rings is 2. The van der Waals surface area contributed by atoms with Crippen LogP contribution in [0.2, 0.25) is 0 Å². The number of ether oxygens (including phenoxy) is 1. The van der Waals surface area contributed by atoms with E-state index in [1.807, 2.05) is 0 Å². The molecule has 0 N–H and O–H groups in total. The fraction of sp³-hybridized carbons (Fsp3) is 0.267. The first-order chi connectivity index (χ1) is 8.90. The number of oxime groups is 1. The van der Waals surface area contributed by atoms with Gasteiger partial charge in [0.1, 0.15) is 6.61 Å². The molecule has 0 fully saturated rings. The lowest BCUT2D eigenvalue weighted by Gasteiger charge is -2.05. The Morgan fingerprint density at radius 2 is 1.78 bits per heavy atom. The highest BCUT2D eigenvalue weighted by Crippen LogP contribution is 2.15. The minimum atomic E-state index is 0.460. The molecule has 0 saturated carbocycles. The maximum absolute atomic E-state index is 5.44. The summed E-state index contributed by atoms with van der Waals surface area (Å²) >= 11 is 0. The lowest BCUT2D eigenvalue weighted by Crippen LogP contribution is -2.04. The molecule has 0 amide bonds. The van der Waals surface area contributed by atoms with E-state index in [0.717, 1.165) is 6.42 Å². The van der Waals surface area contributed by atoms with Gasteiger partial charge in [-0.25, -0.2) is 0 Å². The van der Waals surface area contributed by atoms with Crippen LogP contribution in [0, 0.1) is 0 Å². The standard InChI is InChI=1S/C15H17NO2/c1-16-18-11-10-17-9-8-13-6-7-14-4-2-3-5-15(14)12-13/h2-7,12H,1,8-11H2. The molecule has 94 valence electrons. The summed E-state index contributed by atoms with van der Waals surface area (Å²) in [4.78, 5) is 4.73. The van der Waals surface area contributed by atoms with Gasteiger partial charge >= 0.3 is 0 Å². The zero-order chi connectivity index (χ0) is 12.6. The van der Waals surface area contributed by atoms with Crippen LogP contribution in [-0.2, 0) is 16.0 Å². The Morgan fingerprint density at radius 1 is 0.944 bits per heavy atom. The zero-order valence-electron chi connectivity index (χ0n) is 10.3. The van der Waals surface area contributed by atoms with E-state index in [0.29, 0.717) is 19.8 Å². The Bertz CT molecular complexity index is 511. The largest absolute Gasteiger partial charge is 0.394 e. The van der Waals surface area contributed by atoms with Crippen molar-refractivity contribution in [2.75, 3.05) is 19.8 Å². The van der Waals surface area contributed by atoms with Crippen LogP contribution in [0.1, 0.15) is 5.56 Å². The van der Waals surface area contributed by atoms with E-state index in [4.69, 9.17) is 9.57 Å². The molecule has 0 atom stereocenters. The first-order valence-electron chi connectivity index (χ1n) is 6.03. The molecule has 2 aromatic carbocycles. The van der Waals surface area contributed by atoms with Crippen molar-refractivity contribution in [2.45, 2.75) is 6.42 Å². The second kappa shape index (κ2) is 6.77. The van der Waals surface area contributed by atoms with Gasteiger partial charge in [-0.3, -0.25) is 0 Å². The summed E-state index contributed by atoms with van der Waals surface area (Å²) in [6, 6.07) is 14.9. The highest BCUT2D eigenvalue weighted by molar-refractivity contribution is 5.82. The van der Waals surface area contributed by atoms with Gasteiger partial charge in [0.05, 0.1) is 13.2 Å². The van der Waals surface area contributed by atoms with Gasteiger partial charge in [-0.05, 0) is 22.8 Å². The minimum Gasteiger partial charge on any atom is -0.394 e. The van der Waals surface area contributed by atoms with E-state index in [1.54, 1.807) is 0 Å². The zero-order valence-corrected chi connectivity index (χ0v) is 10.3. The van der Waals surface area contributed by atoms with Crippen molar-refractivity contribution in [1.29, 1.82) is 0 Å². The van der Waals surface area contributed by atoms with Gasteiger partial charge in [-0.1, -0.05) is 42.5 Å². The van der Waals surface area contributed by atoms with E-state index in [2.05, 4.69) is 54.3 Å². The number of fused-ring (bicyclic) bond motifs is 1. The van der Waals surface area contributed by atoms with Crippen LogP contribution in [0.3, 0.4) is 0 Å². The van der Waals surface area contributed by atoms with Gasteiger partial charge in [-0.2, -0.15) is 0 Å². The smallest absolute Gasteiger partial charge is 0.140 e. The summed E-state index contributed by atoms with van der Waals surface area (Å²) in [5.74, 6) is 0. The van der Waals surface area contributed by atoms with Gasteiger partial charge in [-0.15, -0.1) is 5.16 Å². The quantitative estimate of drug-likeness (QED) is 0.425. The highest BCUT2D eigenvalue weighted by atomic mass is 16.6. The number of hydrogen-bond donors (Lipinski definition) is 0. The Balaban J connectivity index is 1.82. The predicted molar refractivity (Wildman–Crippen MR) is 74.0 cm³/mol. The lowest BCUT2D eigenvalue weighted by molar-refractivity contribution is 0.0530. The summed E-state index contributed by atoms with van der Waals surface area (Å²) in [6.45, 7) is 4.93. The molecule has 2 aromatic rings. The molecule has 0 aliphatic carbocycles. The summed E-state index contributed by atoms with van der Waals surface area (Å²) in [6.07, 6.45) is 0.909. The Morgan fingerprint density at radius 3 is 2.61 bits per heavy atom. The average Bonchev–Trinajstić information content (AvgIpc) is 2.42. The topological polar surface area (TPSA) is 30.8 Å². The molecule has 0 radical (unpaired) electrons. The van der Waals surface area contributed by atoms with Crippen molar-refractivity contribution in [2.24, 2.45) is 5.16 Å². The number of nitrogens with zero attached hydrogens (tertiary/aromatic N) is 1. The van der Waals surface area contributed by atoms with E-state index in [-0.39, 0.29) is 0 Å². The van der Waals surface area contributed by atoms with E-state index < -0.39 is 0 Å². The van der Waals surface area contributed by atoms with Gasteiger partial charge in [0.25, 0.3) is 0 Å². The van der Waals surface area contributed by atoms with Gasteiger partial charge in [0.2, 0.25) is 0 Å². The van der Waals surface area contributed by atoms with Crippen LogP contribution in [0.4, 0.5) is 0 Å². The normalized spacial score (nSPS) is 10.4. The second-order valence-electron chi connectivity index (χ2n) is 4.01. The van der Waals surface area contributed by atoms with Crippen LogP contribution >= 0.6 is 0 Å². The van der Waals surface area contributed by atoms with Crippen molar-refractivity contribution < 1.29 is 9.57 Å². The fourth-order valence-corrected chi connectivity index (χ4v) is 1.85. The summed E-state index contributed by atoms with van der Waals surface area (Å²) in [5, 5.41) is 5.84. The van der Waals surface area contributed by atoms with Crippen molar-refractivity contribution in [3.05, 3.63) is 48.0 Å². The molecule has 0 spiro atoms. The molecular weight excluding hydrogens is 226 g/mol. The fourth-order valence-electron chi connectivity index (χ4n) is 1.85. The predicted octanol–water partition coefficient (Wildman–Crippen LogP) is 3.03. The highest BCUT2D eigenvalue weighted by Gasteiger charge is 1.96. The molecule has 0 aliphatic heterocycles. The maximum atomic E-state index is 5.44. The summed E-state index contributed by atoms with van der Waals surface area (Å²) in [5.41, 5.74) is 1.29. The molecule has 0 aliphatic rings. The second-order valence-corrected chi connectivity index (χ2v) is 4.01. The Hall–Kier alpha value is -1.87. The molecule has 0 bridgehead atoms. The summed E-state index contributed by atoms with van der Waals surface area (Å²) in [7, 11) is 0. The van der Waals surface area contributed by atoms with Crippen molar-refractivity contribution in [3.63, 3.8) is 0 Å². The van der Waals surface area contributed by atoms with Crippen molar-refractivity contribution >= 4 is 17.5 Å². The van der Waals surface area contributed by atoms with E-state index in [9.17, 15) is 0 Å². The molecule has 0 aromatic heterocycles. The van der Waals surface area contributed by atoms with Gasteiger partial charge in [0.15, 0.2) is 0 Å². The van der Waals surface area contributed by atoms with Crippen LogP contribution < -0.4 is 0 Å². The van der Waals surface area contributed by atoms with Crippen LogP contribution in [0.15, 0.2) is 47.6 Å². The van der Waals surface area contributed by atoms with E-state index in [1.165, 1.54) is 16.3 Å². The molecule has 18 heavy (non-hydrogen) atoms. The molecule has 0 saturated heterocycles. The first-order valence-corrected chi connectivity index (χ1v) is 6.03. The Labute approximate surface area is 107 Å². The Kier molecular flexibility index (Phi) is 4.73. The third-order valence-electron chi connectivity index (χ3n) is 2.76. The molecule has 0 heterocycles. The number of hydrogen-bond acceptors (Lipinski definition) is 3. The minimum absolute atomic E-state index is 0.460. The number of rotatable bonds is 7.